The van der Waals surface area contributed by atoms with E-state index in [-0.39, 0.29) is 78.2 Å². The van der Waals surface area contributed by atoms with Crippen LogP contribution in [-0.2, 0) is 58.2 Å². The zero-order valence-corrected chi connectivity index (χ0v) is 53.1. The van der Waals surface area contributed by atoms with Crippen LogP contribution < -0.4 is 5.32 Å². The molecule has 6 spiro atoms. The molecule has 18 aliphatic rings. The van der Waals surface area contributed by atoms with Gasteiger partial charge in [-0.05, 0) is 221 Å². The van der Waals surface area contributed by atoms with E-state index in [1.165, 1.54) is 36.8 Å². The summed E-state index contributed by atoms with van der Waals surface area (Å²) >= 11 is 0. The molecule has 4 N–H and O–H groups in total. The molecule has 90 heavy (non-hydrogen) atoms. The van der Waals surface area contributed by atoms with Crippen molar-refractivity contribution in [1.29, 1.82) is 0 Å². The molecule has 11 aliphatic carbocycles. The van der Waals surface area contributed by atoms with Gasteiger partial charge in [-0.2, -0.15) is 0 Å². The number of aryl methyl sites for hydroxylation is 1. The van der Waals surface area contributed by atoms with Crippen molar-refractivity contribution in [2.45, 2.75) is 202 Å². The molecule has 20 rings (SSSR count). The van der Waals surface area contributed by atoms with E-state index >= 15 is 19.5 Å². The van der Waals surface area contributed by atoms with E-state index in [9.17, 15) is 10.2 Å². The Labute approximate surface area is 530 Å². The van der Waals surface area contributed by atoms with E-state index in [1.807, 2.05) is 6.26 Å². The second-order valence-corrected chi connectivity index (χ2v) is 34.4. The standard InChI is InChI=1S/C77H94N2O11/c1-40-52-13-7-11-43(52)18-22-53(40)57-31-51-30-50-12-8-25-72(50)34-48-33-70(2)75-49(21-17-47-37-86-60(61(47)75)32-55(59(81)36-80)45-19-23-54-46(29-45)24-26-79-39-78-35-58(54)79)20-16-44-15-14-42(27-41-9-5-4-6-10-41)28-56(44)74(77(70)67(88-77)69(85)89-75)63(48)73-38-87-68(84)65(72)76(51,73)90-71(57,3)64(73)62(82)66(74)83/h4-6,9-10,24,26,31,37,40,42-46,48-50,52-59,63-67,78,80-81,83H,7-8,11-15,17-19,21-23,25,27-30,32-36,38-39H2,1-3H3. The molecule has 2 aromatic rings. The number of ketones is 1. The van der Waals surface area contributed by atoms with Crippen molar-refractivity contribution < 1.29 is 53.1 Å². The smallest absolute Gasteiger partial charge is 0.339 e. The van der Waals surface area contributed by atoms with Crippen molar-refractivity contribution in [2.75, 3.05) is 26.4 Å². The lowest BCUT2D eigenvalue weighted by Crippen LogP contribution is -2.84. The summed E-state index contributed by atoms with van der Waals surface area (Å²) in [6, 6.07) is 11.2. The Bertz CT molecular complexity index is 3550. The number of epoxide rings is 1. The van der Waals surface area contributed by atoms with E-state index in [1.54, 1.807) is 0 Å². The van der Waals surface area contributed by atoms with Crippen LogP contribution in [0.1, 0.15) is 159 Å². The van der Waals surface area contributed by atoms with E-state index < -0.39 is 92.0 Å². The first-order valence-electron chi connectivity index (χ1n) is 36.4. The van der Waals surface area contributed by atoms with Crippen LogP contribution in [0.3, 0.4) is 0 Å². The van der Waals surface area contributed by atoms with E-state index in [0.29, 0.717) is 67.6 Å². The highest BCUT2D eigenvalue weighted by Crippen LogP contribution is 2.91. The zero-order chi connectivity index (χ0) is 60.6. The summed E-state index contributed by atoms with van der Waals surface area (Å²) in [6.45, 7) is 8.60. The molecule has 14 fully saturated rings. The van der Waals surface area contributed by atoms with Gasteiger partial charge in [0.15, 0.2) is 17.5 Å². The summed E-state index contributed by atoms with van der Waals surface area (Å²) in [5.41, 5.74) is -4.90. The van der Waals surface area contributed by atoms with Crippen LogP contribution in [0.25, 0.3) is 0 Å². The van der Waals surface area contributed by atoms with E-state index in [0.717, 1.165) is 107 Å². The predicted octanol–water partition coefficient (Wildman–Crippen LogP) is 9.82. The highest BCUT2D eigenvalue weighted by Gasteiger charge is 3.00. The number of ether oxygens (including phenoxy) is 4. The third-order valence-corrected chi connectivity index (χ3v) is 32.1. The fraction of sp³-hybridized carbons (Fsp3) is 0.753. The molecule has 30 atom stereocenters. The number of aliphatic hydroxyl groups is 3. The largest absolute Gasteiger partial charge is 0.469 e. The summed E-state index contributed by atoms with van der Waals surface area (Å²) in [5.74, 6) is 7.77. The van der Waals surface area contributed by atoms with Gasteiger partial charge in [-0.3, -0.25) is 14.9 Å². The maximum Gasteiger partial charge on any atom is 0.339 e. The second-order valence-electron chi connectivity index (χ2n) is 34.4. The van der Waals surface area contributed by atoms with Crippen LogP contribution >= 0.6 is 0 Å². The number of allylic oxidation sites excluding steroid dienone is 1. The fourth-order valence-electron chi connectivity index (χ4n) is 29.6. The number of carbonyl (C=O) groups excluding carboxylic acids is 3. The molecule has 8 heterocycles. The number of nitrogens with one attached hydrogen (secondary N) is 1. The molecule has 13 nitrogen and oxygen atoms in total. The van der Waals surface area contributed by atoms with Crippen LogP contribution in [-0.4, -0.2) is 106 Å². The van der Waals surface area contributed by atoms with Gasteiger partial charge < -0.3 is 43.6 Å². The zero-order valence-electron chi connectivity index (χ0n) is 53.1. The number of Topliss-reactive ketones (excluding diaryl/α,β-unsaturated/α-hetero) is 1. The average molecular weight is 1220 g/mol. The number of rotatable bonds is 8. The fourth-order valence-corrected chi connectivity index (χ4v) is 29.6. The van der Waals surface area contributed by atoms with Gasteiger partial charge in [0.1, 0.15) is 29.7 Å². The van der Waals surface area contributed by atoms with Crippen molar-refractivity contribution in [2.24, 2.45) is 128 Å². The molecular weight excluding hydrogens is 1130 g/mol. The van der Waals surface area contributed by atoms with E-state index in [2.05, 4.69) is 91.5 Å². The Morgan fingerprint density at radius 2 is 1.74 bits per heavy atom. The number of esters is 2. The molecule has 0 radical (unpaired) electrons. The first kappa shape index (κ1) is 56.1. The van der Waals surface area contributed by atoms with Crippen molar-refractivity contribution in [3.05, 3.63) is 83.0 Å². The maximum atomic E-state index is 17.9. The number of cyclic esters (lactones) is 1. The number of furan rings is 1. The lowest BCUT2D eigenvalue weighted by Gasteiger charge is -2.74. The summed E-state index contributed by atoms with van der Waals surface area (Å²) in [6.07, 6.45) is 24.3. The van der Waals surface area contributed by atoms with Gasteiger partial charge in [-0.1, -0.05) is 87.4 Å². The topological polar surface area (TPSA) is 181 Å². The first-order chi connectivity index (χ1) is 43.6. The Morgan fingerprint density at radius 1 is 0.878 bits per heavy atom. The number of benzene rings is 1. The van der Waals surface area contributed by atoms with Gasteiger partial charge in [0.05, 0.1) is 54.4 Å². The maximum absolute atomic E-state index is 17.9. The van der Waals surface area contributed by atoms with Crippen molar-refractivity contribution >= 4 is 17.7 Å². The summed E-state index contributed by atoms with van der Waals surface area (Å²) < 4.78 is 38.3. The second kappa shape index (κ2) is 18.6. The Kier molecular flexibility index (Phi) is 11.6. The number of fused-ring (bicyclic) bond motifs is 8. The number of nitrogens with zero attached hydrogens (tertiary/aromatic N) is 1. The highest BCUT2D eigenvalue weighted by molar-refractivity contribution is 5.94. The molecule has 1 aromatic heterocycles. The van der Waals surface area contributed by atoms with Gasteiger partial charge in [-0.25, -0.2) is 4.79 Å². The van der Waals surface area contributed by atoms with Gasteiger partial charge in [-0.15, -0.1) is 0 Å². The summed E-state index contributed by atoms with van der Waals surface area (Å²) in [4.78, 5) is 52.7. The third kappa shape index (κ3) is 6.29. The molecule has 13 heteroatoms. The minimum Gasteiger partial charge on any atom is -0.469 e. The lowest BCUT2D eigenvalue weighted by molar-refractivity contribution is -0.320. The van der Waals surface area contributed by atoms with Crippen LogP contribution in [0, 0.1) is 140 Å². The number of carbonyl (C=O) groups is 3. The Balaban J connectivity index is 0.814. The molecule has 5 saturated heterocycles. The predicted molar refractivity (Wildman–Crippen MR) is 329 cm³/mol. The number of aliphatic hydroxyl groups excluding tert-OH is 3. The van der Waals surface area contributed by atoms with Crippen LogP contribution in [0.4, 0.5) is 0 Å². The molecule has 7 aliphatic heterocycles. The van der Waals surface area contributed by atoms with Crippen molar-refractivity contribution in [3.63, 3.8) is 0 Å². The molecule has 30 unspecified atom stereocenters. The van der Waals surface area contributed by atoms with Crippen molar-refractivity contribution in [3.8, 4) is 11.8 Å². The molecule has 1 aromatic carbocycles. The highest BCUT2D eigenvalue weighted by atomic mass is 16.7. The van der Waals surface area contributed by atoms with Gasteiger partial charge in [0, 0.05) is 47.2 Å². The average Bonchev–Trinajstić information content (AvgIpc) is 1.40. The SMILES string of the molecule is CC1C2CCCC2CCC1C1C=C2CC3CCCC34CC3CC5(C)C67OC(=O)C8OC85C5(C(O)C(=O)C8C1(C)OC21C4C(=O)OCC81C35)C1CC(Cc2ccccc2)CCC1C#CC6CCc1coc(CC(C(O)CO)C2CCC3C(C=CN4CNCC34)C2)c17. The van der Waals surface area contributed by atoms with Gasteiger partial charge in [0.25, 0.3) is 0 Å². The summed E-state index contributed by atoms with van der Waals surface area (Å²) in [7, 11) is 0. The molecular formula is C77H94N2O11. The minimum absolute atomic E-state index is 0.0326. The number of hydrogen-bond acceptors (Lipinski definition) is 13. The van der Waals surface area contributed by atoms with Crippen LogP contribution in [0.2, 0.25) is 0 Å². The summed E-state index contributed by atoms with van der Waals surface area (Å²) in [5, 5.41) is 42.1. The molecule has 9 saturated carbocycles. The minimum atomic E-state index is -1.56. The van der Waals surface area contributed by atoms with Crippen LogP contribution in [0.15, 0.2) is 64.9 Å². The van der Waals surface area contributed by atoms with Gasteiger partial charge >= 0.3 is 11.9 Å². The Hall–Kier alpha value is -4.29. The van der Waals surface area contributed by atoms with Crippen LogP contribution in [0.5, 0.6) is 0 Å². The lowest BCUT2D eigenvalue weighted by atomic mass is 9.28. The first-order valence-corrected chi connectivity index (χ1v) is 36.4. The number of hydrogen-bond donors (Lipinski definition) is 4. The molecule has 9 bridgehead atoms. The Morgan fingerprint density at radius 3 is 2.61 bits per heavy atom. The molecule has 478 valence electrons. The normalized spacial score (nSPS) is 54.1. The van der Waals surface area contributed by atoms with Crippen molar-refractivity contribution in [1.82, 2.24) is 10.2 Å². The monoisotopic (exact) mass is 1220 g/mol. The quantitative estimate of drug-likeness (QED) is 0.0850. The van der Waals surface area contributed by atoms with Gasteiger partial charge in [0.2, 0.25) is 0 Å². The van der Waals surface area contributed by atoms with E-state index in [4.69, 9.17) is 23.4 Å². The molecule has 0 amide bonds. The third-order valence-electron chi connectivity index (χ3n) is 32.1.